The lowest BCUT2D eigenvalue weighted by Gasteiger charge is -2.22. The van der Waals surface area contributed by atoms with Crippen molar-refractivity contribution < 1.29 is 9.59 Å². The minimum atomic E-state index is -0.207. The predicted octanol–water partition coefficient (Wildman–Crippen LogP) is 2.19. The summed E-state index contributed by atoms with van der Waals surface area (Å²) in [5.41, 5.74) is 1.63. The summed E-state index contributed by atoms with van der Waals surface area (Å²) in [7, 11) is 0. The van der Waals surface area contributed by atoms with Crippen LogP contribution in [0.1, 0.15) is 50.3 Å². The van der Waals surface area contributed by atoms with E-state index in [1.54, 1.807) is 28.2 Å². The van der Waals surface area contributed by atoms with E-state index in [9.17, 15) is 9.59 Å². The topological polar surface area (TPSA) is 85.1 Å². The minimum Gasteiger partial charge on any atom is -0.352 e. The maximum Gasteiger partial charge on any atom is 0.250 e. The lowest BCUT2D eigenvalue weighted by atomic mass is 10.2. The molecule has 2 aromatic heterocycles. The summed E-state index contributed by atoms with van der Waals surface area (Å²) >= 11 is 0. The van der Waals surface area contributed by atoms with Gasteiger partial charge in [-0.05, 0) is 37.8 Å². The van der Waals surface area contributed by atoms with Crippen LogP contribution in [-0.2, 0) is 22.7 Å². The van der Waals surface area contributed by atoms with E-state index in [1.807, 2.05) is 10.7 Å². The lowest BCUT2D eigenvalue weighted by Crippen LogP contribution is -2.30. The first-order chi connectivity index (χ1) is 13.6. The molecule has 2 aliphatic carbocycles. The normalized spacial score (nSPS) is 16.9. The van der Waals surface area contributed by atoms with E-state index in [1.165, 1.54) is 18.9 Å². The van der Waals surface area contributed by atoms with Gasteiger partial charge in [0, 0.05) is 18.4 Å². The highest BCUT2D eigenvalue weighted by Gasteiger charge is 2.25. The zero-order valence-electron chi connectivity index (χ0n) is 16.0. The first-order valence-corrected chi connectivity index (χ1v) is 9.92. The van der Waals surface area contributed by atoms with Crippen LogP contribution in [0.15, 0.2) is 37.3 Å². The first-order valence-electron chi connectivity index (χ1n) is 9.92. The van der Waals surface area contributed by atoms with Crippen LogP contribution in [0, 0.1) is 0 Å². The second kappa shape index (κ2) is 8.00. The van der Waals surface area contributed by atoms with Gasteiger partial charge in [0.15, 0.2) is 0 Å². The third kappa shape index (κ3) is 4.16. The zero-order valence-corrected chi connectivity index (χ0v) is 16.0. The fourth-order valence-corrected chi connectivity index (χ4v) is 3.74. The predicted molar refractivity (Wildman–Crippen MR) is 105 cm³/mol. The number of hydrogen-bond donors (Lipinski definition) is 1. The minimum absolute atomic E-state index is 0.0574. The summed E-state index contributed by atoms with van der Waals surface area (Å²) in [6.45, 7) is 4.16. The molecule has 4 rings (SSSR count). The van der Waals surface area contributed by atoms with Crippen LogP contribution in [0.3, 0.4) is 0 Å². The molecule has 8 heteroatoms. The van der Waals surface area contributed by atoms with Crippen molar-refractivity contribution in [3.63, 3.8) is 0 Å². The van der Waals surface area contributed by atoms with Gasteiger partial charge in [-0.2, -0.15) is 10.2 Å². The molecule has 0 aromatic carbocycles. The smallest absolute Gasteiger partial charge is 0.250 e. The number of amides is 2. The Hall–Kier alpha value is -2.90. The number of hydrogen-bond acceptors (Lipinski definition) is 4. The first kappa shape index (κ1) is 18.5. The molecule has 8 nitrogen and oxygen atoms in total. The summed E-state index contributed by atoms with van der Waals surface area (Å²) in [5.74, 6) is -0.265. The number of carbonyl (C=O) groups is 2. The molecule has 28 heavy (non-hydrogen) atoms. The van der Waals surface area contributed by atoms with E-state index >= 15 is 0 Å². The third-order valence-corrected chi connectivity index (χ3v) is 5.36. The van der Waals surface area contributed by atoms with Crippen molar-refractivity contribution in [2.75, 3.05) is 4.90 Å². The van der Waals surface area contributed by atoms with E-state index in [0.717, 1.165) is 31.4 Å². The van der Waals surface area contributed by atoms with Crippen LogP contribution in [0.25, 0.3) is 0 Å². The van der Waals surface area contributed by atoms with Gasteiger partial charge in [0.05, 0.1) is 30.2 Å². The van der Waals surface area contributed by atoms with Crippen LogP contribution >= 0.6 is 0 Å². The average Bonchev–Trinajstić information content (AvgIpc) is 3.13. The van der Waals surface area contributed by atoms with Crippen molar-refractivity contribution >= 4 is 17.5 Å². The largest absolute Gasteiger partial charge is 0.352 e. The quantitative estimate of drug-likeness (QED) is 0.709. The molecule has 0 spiro atoms. The molecular formula is C20H26N6O2. The van der Waals surface area contributed by atoms with E-state index in [4.69, 9.17) is 0 Å². The highest BCUT2D eigenvalue weighted by atomic mass is 16.2. The summed E-state index contributed by atoms with van der Waals surface area (Å²) in [4.78, 5) is 26.1. The summed E-state index contributed by atoms with van der Waals surface area (Å²) < 4.78 is 3.61. The van der Waals surface area contributed by atoms with Crippen LogP contribution in [-0.4, -0.2) is 37.4 Å². The molecule has 0 unspecified atom stereocenters. The average molecular weight is 382 g/mol. The number of nitrogens with one attached hydrogen (secondary N) is 1. The van der Waals surface area contributed by atoms with Gasteiger partial charge in [-0.1, -0.05) is 19.4 Å². The second-order valence-electron chi connectivity index (χ2n) is 7.57. The number of carbonyl (C=O) groups excluding carboxylic acids is 2. The van der Waals surface area contributed by atoms with Crippen molar-refractivity contribution in [1.29, 1.82) is 0 Å². The molecule has 0 aliphatic heterocycles. The maximum atomic E-state index is 12.5. The second-order valence-corrected chi connectivity index (χ2v) is 7.57. The van der Waals surface area contributed by atoms with Crippen molar-refractivity contribution in [3.8, 4) is 0 Å². The molecule has 0 bridgehead atoms. The molecule has 2 amide bonds. The Morgan fingerprint density at radius 3 is 2.75 bits per heavy atom. The van der Waals surface area contributed by atoms with Crippen LogP contribution < -0.4 is 10.2 Å². The Balaban J connectivity index is 1.49. The maximum absolute atomic E-state index is 12.5. The molecule has 2 heterocycles. The fraction of sp³-hybridized carbons (Fsp3) is 0.500. The number of rotatable bonds is 8. The van der Waals surface area contributed by atoms with Gasteiger partial charge in [0.2, 0.25) is 5.91 Å². The standard InChI is InChI=1S/C20H26N6O2/c1-2-20(28)25(13-17-9-10-21-26(17)16-5-3-4-6-16)18-11-22-24(12-18)14-19(27)23-15-7-8-15/h2,9-12,15-16H,1,3-8,13-14H2,(H,23,27). The Kier molecular flexibility index (Phi) is 5.27. The van der Waals surface area contributed by atoms with E-state index in [-0.39, 0.29) is 18.4 Å². The SMILES string of the molecule is C=CC(=O)N(Cc1ccnn1C1CCCC1)c1cnn(CC(=O)NC2CC2)c1. The Labute approximate surface area is 164 Å². The van der Waals surface area contributed by atoms with Gasteiger partial charge in [-0.25, -0.2) is 0 Å². The van der Waals surface area contributed by atoms with Crippen LogP contribution in [0.5, 0.6) is 0 Å². The lowest BCUT2D eigenvalue weighted by molar-refractivity contribution is -0.122. The number of anilines is 1. The molecule has 2 aromatic rings. The summed E-state index contributed by atoms with van der Waals surface area (Å²) in [6, 6.07) is 2.67. The fourth-order valence-electron chi connectivity index (χ4n) is 3.74. The summed E-state index contributed by atoms with van der Waals surface area (Å²) in [5, 5.41) is 11.7. The number of aromatic nitrogens is 4. The van der Waals surface area contributed by atoms with E-state index < -0.39 is 0 Å². The Bertz CT molecular complexity index is 860. The molecule has 0 saturated heterocycles. The van der Waals surface area contributed by atoms with Crippen molar-refractivity contribution in [2.24, 2.45) is 0 Å². The third-order valence-electron chi connectivity index (χ3n) is 5.36. The van der Waals surface area contributed by atoms with E-state index in [2.05, 4.69) is 22.1 Å². The van der Waals surface area contributed by atoms with Crippen LogP contribution in [0.2, 0.25) is 0 Å². The van der Waals surface area contributed by atoms with Gasteiger partial charge in [0.1, 0.15) is 6.54 Å². The van der Waals surface area contributed by atoms with Gasteiger partial charge in [-0.15, -0.1) is 0 Å². The molecule has 148 valence electrons. The molecule has 0 atom stereocenters. The van der Waals surface area contributed by atoms with Gasteiger partial charge in [0.25, 0.3) is 5.91 Å². The van der Waals surface area contributed by atoms with Crippen molar-refractivity contribution in [2.45, 2.75) is 63.7 Å². The molecule has 2 fully saturated rings. The van der Waals surface area contributed by atoms with Crippen molar-refractivity contribution in [1.82, 2.24) is 24.9 Å². The van der Waals surface area contributed by atoms with Gasteiger partial charge in [-0.3, -0.25) is 23.9 Å². The highest BCUT2D eigenvalue weighted by molar-refractivity contribution is 6.00. The molecule has 2 aliphatic rings. The molecule has 0 radical (unpaired) electrons. The Morgan fingerprint density at radius 2 is 2.04 bits per heavy atom. The van der Waals surface area contributed by atoms with E-state index in [0.29, 0.717) is 24.3 Å². The summed E-state index contributed by atoms with van der Waals surface area (Å²) in [6.07, 6.45) is 13.2. The van der Waals surface area contributed by atoms with Gasteiger partial charge >= 0.3 is 0 Å². The molecule has 2 saturated carbocycles. The molecular weight excluding hydrogens is 356 g/mol. The number of nitrogens with zero attached hydrogens (tertiary/aromatic N) is 5. The highest BCUT2D eigenvalue weighted by Crippen LogP contribution is 2.30. The molecule has 1 N–H and O–H groups in total. The monoisotopic (exact) mass is 382 g/mol. The van der Waals surface area contributed by atoms with Crippen LogP contribution in [0.4, 0.5) is 5.69 Å². The zero-order chi connectivity index (χ0) is 19.5. The van der Waals surface area contributed by atoms with Gasteiger partial charge < -0.3 is 5.32 Å². The Morgan fingerprint density at radius 1 is 1.25 bits per heavy atom. The van der Waals surface area contributed by atoms with Crippen molar-refractivity contribution in [3.05, 3.63) is 43.0 Å².